The van der Waals surface area contributed by atoms with Crippen molar-refractivity contribution < 1.29 is 4.79 Å². The lowest BCUT2D eigenvalue weighted by molar-refractivity contribution is -0.127. The molecule has 4 unspecified atom stereocenters. The fourth-order valence-electron chi connectivity index (χ4n) is 4.80. The maximum absolute atomic E-state index is 12.4. The lowest BCUT2D eigenvalue weighted by Crippen LogP contribution is -2.53. The van der Waals surface area contributed by atoms with Gasteiger partial charge in [-0.2, -0.15) is 0 Å². The summed E-state index contributed by atoms with van der Waals surface area (Å²) in [6.07, 6.45) is 4.93. The van der Waals surface area contributed by atoms with Gasteiger partial charge in [-0.1, -0.05) is 20.8 Å². The number of rotatable bonds is 2. The van der Waals surface area contributed by atoms with E-state index in [1.807, 2.05) is 0 Å². The Labute approximate surface area is 110 Å². The summed E-state index contributed by atoms with van der Waals surface area (Å²) in [5.41, 5.74) is 0.616. The van der Waals surface area contributed by atoms with E-state index in [0.29, 0.717) is 11.5 Å². The lowest BCUT2D eigenvalue weighted by atomic mass is 9.68. The molecule has 1 saturated heterocycles. The number of nitrogens with one attached hydrogen (secondary N) is 2. The molecule has 0 radical (unpaired) electrons. The molecule has 0 aromatic heterocycles. The van der Waals surface area contributed by atoms with Crippen molar-refractivity contribution in [2.24, 2.45) is 22.7 Å². The van der Waals surface area contributed by atoms with Crippen LogP contribution in [0.2, 0.25) is 0 Å². The van der Waals surface area contributed by atoms with Gasteiger partial charge in [-0.05, 0) is 49.0 Å². The summed E-state index contributed by atoms with van der Waals surface area (Å²) in [5, 5.41) is 6.69. The first kappa shape index (κ1) is 12.5. The molecule has 2 N–H and O–H groups in total. The molecule has 0 spiro atoms. The molecule has 3 nitrogen and oxygen atoms in total. The van der Waals surface area contributed by atoms with Crippen LogP contribution in [0.25, 0.3) is 0 Å². The van der Waals surface area contributed by atoms with Gasteiger partial charge in [0.2, 0.25) is 5.91 Å². The Balaban J connectivity index is 1.73. The van der Waals surface area contributed by atoms with Gasteiger partial charge in [0, 0.05) is 12.6 Å². The van der Waals surface area contributed by atoms with Crippen molar-refractivity contribution in [3.63, 3.8) is 0 Å². The van der Waals surface area contributed by atoms with E-state index >= 15 is 0 Å². The molecule has 2 bridgehead atoms. The van der Waals surface area contributed by atoms with Gasteiger partial charge in [-0.15, -0.1) is 0 Å². The molecule has 2 aliphatic carbocycles. The molecule has 2 saturated carbocycles. The second-order valence-corrected chi connectivity index (χ2v) is 7.55. The molecule has 0 aromatic rings. The van der Waals surface area contributed by atoms with E-state index in [9.17, 15) is 4.79 Å². The van der Waals surface area contributed by atoms with Crippen LogP contribution in [0.1, 0.15) is 46.5 Å². The Morgan fingerprint density at radius 1 is 1.28 bits per heavy atom. The number of carbonyl (C=O) groups excluding carboxylic acids is 1. The number of hydrogen-bond donors (Lipinski definition) is 2. The second-order valence-electron chi connectivity index (χ2n) is 7.55. The van der Waals surface area contributed by atoms with Gasteiger partial charge < -0.3 is 10.6 Å². The van der Waals surface area contributed by atoms with Crippen LogP contribution in [0, 0.1) is 22.7 Å². The van der Waals surface area contributed by atoms with E-state index in [2.05, 4.69) is 31.4 Å². The zero-order chi connectivity index (χ0) is 13.0. The summed E-state index contributed by atoms with van der Waals surface area (Å²) < 4.78 is 0. The fourth-order valence-corrected chi connectivity index (χ4v) is 4.80. The summed E-state index contributed by atoms with van der Waals surface area (Å²) in [4.78, 5) is 12.4. The molecule has 3 fully saturated rings. The molecule has 3 rings (SSSR count). The maximum atomic E-state index is 12.4. The average Bonchev–Trinajstić information content (AvgIpc) is 2.96. The van der Waals surface area contributed by atoms with Crippen LogP contribution in [-0.4, -0.2) is 25.0 Å². The highest BCUT2D eigenvalue weighted by Gasteiger charge is 2.59. The van der Waals surface area contributed by atoms with Crippen LogP contribution < -0.4 is 10.6 Å². The minimum absolute atomic E-state index is 0.198. The monoisotopic (exact) mass is 250 g/mol. The topological polar surface area (TPSA) is 41.1 Å². The predicted octanol–water partition coefficient (Wildman–Crippen LogP) is 1.93. The normalized spacial score (nSPS) is 45.4. The van der Waals surface area contributed by atoms with Crippen molar-refractivity contribution >= 4 is 5.91 Å². The summed E-state index contributed by atoms with van der Waals surface area (Å²) in [6.45, 7) is 8.92. The van der Waals surface area contributed by atoms with Crippen molar-refractivity contribution in [3.8, 4) is 0 Å². The highest BCUT2D eigenvalue weighted by Crippen LogP contribution is 2.62. The van der Waals surface area contributed by atoms with Crippen molar-refractivity contribution in [2.45, 2.75) is 52.5 Å². The Morgan fingerprint density at radius 2 is 2.06 bits per heavy atom. The Morgan fingerprint density at radius 3 is 2.61 bits per heavy atom. The molecule has 102 valence electrons. The van der Waals surface area contributed by atoms with Gasteiger partial charge in [-0.3, -0.25) is 4.79 Å². The van der Waals surface area contributed by atoms with Crippen molar-refractivity contribution in [3.05, 3.63) is 0 Å². The molecule has 4 atom stereocenters. The maximum Gasteiger partial charge on any atom is 0.224 e. The van der Waals surface area contributed by atoms with Gasteiger partial charge in [-0.25, -0.2) is 0 Å². The third kappa shape index (κ3) is 1.70. The Bertz CT molecular complexity index is 355. The van der Waals surface area contributed by atoms with E-state index in [1.54, 1.807) is 0 Å². The molecule has 3 aliphatic rings. The summed E-state index contributed by atoms with van der Waals surface area (Å²) in [7, 11) is 0. The third-order valence-corrected chi connectivity index (χ3v) is 5.99. The summed E-state index contributed by atoms with van der Waals surface area (Å²) in [6, 6.07) is 0.372. The smallest absolute Gasteiger partial charge is 0.224 e. The van der Waals surface area contributed by atoms with Crippen molar-refractivity contribution in [1.29, 1.82) is 0 Å². The van der Waals surface area contributed by atoms with Crippen LogP contribution in [0.5, 0.6) is 0 Å². The highest BCUT2D eigenvalue weighted by atomic mass is 16.2. The molecule has 1 amide bonds. The van der Waals surface area contributed by atoms with E-state index in [-0.39, 0.29) is 17.2 Å². The van der Waals surface area contributed by atoms with Crippen molar-refractivity contribution in [1.82, 2.24) is 10.6 Å². The zero-order valence-electron chi connectivity index (χ0n) is 11.9. The zero-order valence-corrected chi connectivity index (χ0v) is 11.9. The average molecular weight is 250 g/mol. The minimum atomic E-state index is 0.198. The molecular formula is C15H26N2O. The van der Waals surface area contributed by atoms with E-state index in [4.69, 9.17) is 0 Å². The van der Waals surface area contributed by atoms with E-state index < -0.39 is 0 Å². The minimum Gasteiger partial charge on any atom is -0.352 e. The third-order valence-electron chi connectivity index (χ3n) is 5.99. The van der Waals surface area contributed by atoms with E-state index in [0.717, 1.165) is 25.4 Å². The molecule has 3 heteroatoms. The largest absolute Gasteiger partial charge is 0.352 e. The Hall–Kier alpha value is -0.570. The van der Waals surface area contributed by atoms with Crippen molar-refractivity contribution in [2.75, 3.05) is 13.1 Å². The number of fused-ring (bicyclic) bond motifs is 2. The van der Waals surface area contributed by atoms with Gasteiger partial charge in [0.25, 0.3) is 0 Å². The highest BCUT2D eigenvalue weighted by molar-refractivity contribution is 5.79. The van der Waals surface area contributed by atoms with Gasteiger partial charge in [0.05, 0.1) is 5.92 Å². The number of carbonyl (C=O) groups is 1. The summed E-state index contributed by atoms with van der Waals surface area (Å²) >= 11 is 0. The van der Waals surface area contributed by atoms with Crippen LogP contribution in [0.3, 0.4) is 0 Å². The second kappa shape index (κ2) is 3.96. The summed E-state index contributed by atoms with van der Waals surface area (Å²) in [5.74, 6) is 1.28. The van der Waals surface area contributed by atoms with Crippen LogP contribution >= 0.6 is 0 Å². The first-order valence-electron chi connectivity index (χ1n) is 7.44. The van der Waals surface area contributed by atoms with Gasteiger partial charge in [0.15, 0.2) is 0 Å². The van der Waals surface area contributed by atoms with Gasteiger partial charge >= 0.3 is 0 Å². The molecule has 1 heterocycles. The molecule has 18 heavy (non-hydrogen) atoms. The standard InChI is InChI=1S/C15H26N2O/c1-14(2)11-4-6-15(3,8-11)13(14)17-12(18)10-5-7-16-9-10/h10-11,13,16H,4-9H2,1-3H3,(H,17,18). The SMILES string of the molecule is CC12CCC(C1)C(C)(C)C2NC(=O)C1CCNC1. The molecule has 1 aliphatic heterocycles. The predicted molar refractivity (Wildman–Crippen MR) is 72.1 cm³/mol. The first-order chi connectivity index (χ1) is 8.43. The number of amides is 1. The molecular weight excluding hydrogens is 224 g/mol. The quantitative estimate of drug-likeness (QED) is 0.786. The first-order valence-corrected chi connectivity index (χ1v) is 7.44. The van der Waals surface area contributed by atoms with Crippen LogP contribution in [0.15, 0.2) is 0 Å². The van der Waals surface area contributed by atoms with Crippen LogP contribution in [0.4, 0.5) is 0 Å². The molecule has 0 aromatic carbocycles. The Kier molecular flexibility index (Phi) is 2.74. The lowest BCUT2D eigenvalue weighted by Gasteiger charge is -2.43. The van der Waals surface area contributed by atoms with Crippen LogP contribution in [-0.2, 0) is 4.79 Å². The number of hydrogen-bond acceptors (Lipinski definition) is 2. The van der Waals surface area contributed by atoms with Gasteiger partial charge in [0.1, 0.15) is 0 Å². The fraction of sp³-hybridized carbons (Fsp3) is 0.933. The van der Waals surface area contributed by atoms with E-state index in [1.165, 1.54) is 19.3 Å².